The van der Waals surface area contributed by atoms with E-state index in [1.165, 1.54) is 0 Å². The highest BCUT2D eigenvalue weighted by atomic mass is 35.5. The van der Waals surface area contributed by atoms with Crippen LogP contribution in [-0.2, 0) is 15.1 Å². The van der Waals surface area contributed by atoms with E-state index < -0.39 is 29.9 Å². The number of nitrogens with zero attached hydrogens (tertiary/aromatic N) is 1. The average molecular weight is 406 g/mol. The van der Waals surface area contributed by atoms with E-state index in [4.69, 9.17) is 23.2 Å². The molecule has 2 aromatic rings. The number of amides is 4. The van der Waals surface area contributed by atoms with Crippen molar-refractivity contribution in [3.05, 3.63) is 63.6 Å². The van der Waals surface area contributed by atoms with Crippen LogP contribution in [0.3, 0.4) is 0 Å². The number of imide groups is 1. The first-order chi connectivity index (χ1) is 12.7. The minimum absolute atomic E-state index is 0.189. The molecule has 1 aliphatic rings. The number of hydrogen-bond acceptors (Lipinski definition) is 3. The molecule has 8 heteroatoms. The van der Waals surface area contributed by atoms with Crippen LogP contribution in [0.4, 0.5) is 10.5 Å². The van der Waals surface area contributed by atoms with E-state index in [0.29, 0.717) is 11.3 Å². The summed E-state index contributed by atoms with van der Waals surface area (Å²) in [7, 11) is 0. The summed E-state index contributed by atoms with van der Waals surface area (Å²) in [5.74, 6) is -1.06. The number of hydrogen-bond donors (Lipinski definition) is 2. The number of aryl methyl sites for hydroxylation is 1. The number of carbonyl (C=O) groups is 3. The Morgan fingerprint density at radius 2 is 1.81 bits per heavy atom. The Balaban J connectivity index is 1.76. The molecule has 2 N–H and O–H groups in total. The number of halogens is 2. The first-order valence-corrected chi connectivity index (χ1v) is 8.93. The van der Waals surface area contributed by atoms with Crippen molar-refractivity contribution in [3.63, 3.8) is 0 Å². The maximum atomic E-state index is 12.8. The van der Waals surface area contributed by atoms with Crippen molar-refractivity contribution in [2.45, 2.75) is 19.4 Å². The molecule has 6 nitrogen and oxygen atoms in total. The molecule has 1 atom stereocenters. The minimum atomic E-state index is -1.22. The molecule has 3 rings (SSSR count). The second-order valence-corrected chi connectivity index (χ2v) is 7.25. The van der Waals surface area contributed by atoms with Gasteiger partial charge in [0, 0.05) is 0 Å². The molecule has 0 aliphatic carbocycles. The minimum Gasteiger partial charge on any atom is -0.323 e. The SMILES string of the molecule is Cc1ccc(C2(C)NC(=O)N(CC(=O)Nc3cccc(Cl)c3Cl)C2=O)cc1. The summed E-state index contributed by atoms with van der Waals surface area (Å²) >= 11 is 12.0. The summed E-state index contributed by atoms with van der Waals surface area (Å²) in [5.41, 5.74) is 0.766. The van der Waals surface area contributed by atoms with Crippen molar-refractivity contribution < 1.29 is 14.4 Å². The molecule has 1 aliphatic heterocycles. The fraction of sp³-hybridized carbons (Fsp3) is 0.211. The van der Waals surface area contributed by atoms with Crippen molar-refractivity contribution in [3.8, 4) is 0 Å². The molecule has 0 bridgehead atoms. The van der Waals surface area contributed by atoms with Gasteiger partial charge in [0.05, 0.1) is 15.7 Å². The lowest BCUT2D eigenvalue weighted by atomic mass is 9.91. The number of anilines is 1. The summed E-state index contributed by atoms with van der Waals surface area (Å²) in [6, 6.07) is 11.4. The molecular formula is C19H17Cl2N3O3. The topological polar surface area (TPSA) is 78.5 Å². The van der Waals surface area contributed by atoms with Gasteiger partial charge in [0.2, 0.25) is 5.91 Å². The molecule has 0 spiro atoms. The largest absolute Gasteiger partial charge is 0.325 e. The maximum absolute atomic E-state index is 12.8. The van der Waals surface area contributed by atoms with Crippen LogP contribution in [0, 0.1) is 6.92 Å². The third-order valence-electron chi connectivity index (χ3n) is 4.43. The molecule has 27 heavy (non-hydrogen) atoms. The molecule has 0 radical (unpaired) electrons. The number of nitrogens with one attached hydrogen (secondary N) is 2. The zero-order valence-electron chi connectivity index (χ0n) is 14.7. The number of urea groups is 1. The molecular weight excluding hydrogens is 389 g/mol. The first kappa shape index (κ1) is 19.2. The van der Waals surface area contributed by atoms with E-state index in [1.807, 2.05) is 19.1 Å². The van der Waals surface area contributed by atoms with Crippen LogP contribution in [0.25, 0.3) is 0 Å². The van der Waals surface area contributed by atoms with Crippen LogP contribution in [0.15, 0.2) is 42.5 Å². The normalized spacial score (nSPS) is 19.2. The highest BCUT2D eigenvalue weighted by Crippen LogP contribution is 2.31. The lowest BCUT2D eigenvalue weighted by molar-refractivity contribution is -0.133. The van der Waals surface area contributed by atoms with Gasteiger partial charge in [0.1, 0.15) is 12.1 Å². The van der Waals surface area contributed by atoms with Gasteiger partial charge >= 0.3 is 6.03 Å². The van der Waals surface area contributed by atoms with Gasteiger partial charge in [0.15, 0.2) is 0 Å². The molecule has 1 saturated heterocycles. The van der Waals surface area contributed by atoms with Crippen molar-refractivity contribution >= 4 is 46.7 Å². The van der Waals surface area contributed by atoms with Gasteiger partial charge in [-0.3, -0.25) is 14.5 Å². The molecule has 1 heterocycles. The van der Waals surface area contributed by atoms with E-state index in [9.17, 15) is 14.4 Å². The smallest absolute Gasteiger partial charge is 0.323 e. The molecule has 0 aromatic heterocycles. The summed E-state index contributed by atoms with van der Waals surface area (Å²) < 4.78 is 0. The van der Waals surface area contributed by atoms with E-state index in [-0.39, 0.29) is 10.0 Å². The van der Waals surface area contributed by atoms with Crippen LogP contribution in [0.5, 0.6) is 0 Å². The van der Waals surface area contributed by atoms with Crippen LogP contribution in [0.1, 0.15) is 18.1 Å². The fourth-order valence-electron chi connectivity index (χ4n) is 2.86. The third kappa shape index (κ3) is 3.63. The highest BCUT2D eigenvalue weighted by molar-refractivity contribution is 6.44. The fourth-order valence-corrected chi connectivity index (χ4v) is 3.20. The molecule has 1 unspecified atom stereocenters. The standard InChI is InChI=1S/C19H17Cl2N3O3/c1-11-6-8-12(9-7-11)19(2)17(26)24(18(27)23-19)10-15(25)22-14-5-3-4-13(20)16(14)21/h3-9H,10H2,1-2H3,(H,22,25)(H,23,27). The molecule has 0 saturated carbocycles. The maximum Gasteiger partial charge on any atom is 0.325 e. The lowest BCUT2D eigenvalue weighted by Crippen LogP contribution is -2.42. The van der Waals surface area contributed by atoms with Gasteiger partial charge in [0.25, 0.3) is 5.91 Å². The van der Waals surface area contributed by atoms with Crippen LogP contribution in [0.2, 0.25) is 10.0 Å². The molecule has 4 amide bonds. The van der Waals surface area contributed by atoms with E-state index in [1.54, 1.807) is 37.3 Å². The Kier molecular flexibility index (Phi) is 5.13. The number of rotatable bonds is 4. The summed E-state index contributed by atoms with van der Waals surface area (Å²) in [6.45, 7) is 3.11. The monoisotopic (exact) mass is 405 g/mol. The van der Waals surface area contributed by atoms with Gasteiger partial charge < -0.3 is 10.6 Å². The molecule has 2 aromatic carbocycles. The number of carbonyl (C=O) groups excluding carboxylic acids is 3. The molecule has 140 valence electrons. The second-order valence-electron chi connectivity index (χ2n) is 6.46. The van der Waals surface area contributed by atoms with Crippen LogP contribution in [-0.4, -0.2) is 29.3 Å². The Hall–Kier alpha value is -2.57. The van der Waals surface area contributed by atoms with Crippen molar-refractivity contribution in [2.75, 3.05) is 11.9 Å². The third-order valence-corrected chi connectivity index (χ3v) is 5.25. The van der Waals surface area contributed by atoms with Crippen molar-refractivity contribution in [2.24, 2.45) is 0 Å². The average Bonchev–Trinajstić information content (AvgIpc) is 2.83. The van der Waals surface area contributed by atoms with Crippen molar-refractivity contribution in [1.82, 2.24) is 10.2 Å². The van der Waals surface area contributed by atoms with E-state index in [2.05, 4.69) is 10.6 Å². The lowest BCUT2D eigenvalue weighted by Gasteiger charge is -2.22. The Morgan fingerprint density at radius 1 is 1.15 bits per heavy atom. The Morgan fingerprint density at radius 3 is 2.48 bits per heavy atom. The van der Waals surface area contributed by atoms with Crippen LogP contribution < -0.4 is 10.6 Å². The van der Waals surface area contributed by atoms with Gasteiger partial charge in [-0.15, -0.1) is 0 Å². The summed E-state index contributed by atoms with van der Waals surface area (Å²) in [6.07, 6.45) is 0. The highest BCUT2D eigenvalue weighted by Gasteiger charge is 2.49. The number of benzene rings is 2. The predicted molar refractivity (Wildman–Crippen MR) is 104 cm³/mol. The second kappa shape index (κ2) is 7.21. The van der Waals surface area contributed by atoms with E-state index in [0.717, 1.165) is 10.5 Å². The van der Waals surface area contributed by atoms with Gasteiger partial charge in [-0.1, -0.05) is 59.1 Å². The first-order valence-electron chi connectivity index (χ1n) is 8.17. The molecule has 1 fully saturated rings. The Bertz CT molecular complexity index is 930. The zero-order valence-corrected chi connectivity index (χ0v) is 16.2. The predicted octanol–water partition coefficient (Wildman–Crippen LogP) is 3.71. The quantitative estimate of drug-likeness (QED) is 0.760. The Labute approximate surface area is 166 Å². The van der Waals surface area contributed by atoms with Crippen molar-refractivity contribution in [1.29, 1.82) is 0 Å². The zero-order chi connectivity index (χ0) is 19.8. The van der Waals surface area contributed by atoms with Gasteiger partial charge in [-0.05, 0) is 31.5 Å². The van der Waals surface area contributed by atoms with E-state index >= 15 is 0 Å². The summed E-state index contributed by atoms with van der Waals surface area (Å²) in [4.78, 5) is 38.4. The van der Waals surface area contributed by atoms with Crippen LogP contribution >= 0.6 is 23.2 Å². The summed E-state index contributed by atoms with van der Waals surface area (Å²) in [5, 5.41) is 5.71. The van der Waals surface area contributed by atoms with Gasteiger partial charge in [-0.25, -0.2) is 4.79 Å². The van der Waals surface area contributed by atoms with Gasteiger partial charge in [-0.2, -0.15) is 0 Å².